The number of anilines is 2. The van der Waals surface area contributed by atoms with E-state index in [0.717, 1.165) is 32.7 Å². The van der Waals surface area contributed by atoms with Crippen molar-refractivity contribution in [2.75, 3.05) is 17.3 Å². The number of hydrogen-bond donors (Lipinski definition) is 1. The number of nitrogens with one attached hydrogen (secondary N) is 1. The van der Waals surface area contributed by atoms with E-state index in [9.17, 15) is 9.59 Å². The standard InChI is InChI=1S/C26H21BrN2O3/c1-17(30)28-21-9-11-22(12-10-21)29-24(19-6-4-3-5-7-19)16-20(26(29)31)14-18-8-13-25(32-2)23(27)15-18/h3-16H,1-2H3,(H,28,30)/b20-14+. The lowest BCUT2D eigenvalue weighted by atomic mass is 10.1. The largest absolute Gasteiger partial charge is 0.496 e. The molecule has 6 heteroatoms. The van der Waals surface area contributed by atoms with E-state index >= 15 is 0 Å². The quantitative estimate of drug-likeness (QED) is 0.455. The Bertz CT molecular complexity index is 1230. The van der Waals surface area contributed by atoms with Crippen molar-refractivity contribution in [2.24, 2.45) is 0 Å². The van der Waals surface area contributed by atoms with Crippen LogP contribution in [0.15, 0.2) is 88.9 Å². The minimum atomic E-state index is -0.143. The van der Waals surface area contributed by atoms with E-state index in [0.29, 0.717) is 11.3 Å². The molecule has 3 aromatic rings. The molecule has 0 fully saturated rings. The lowest BCUT2D eigenvalue weighted by molar-refractivity contribution is -0.114. The molecule has 0 atom stereocenters. The Morgan fingerprint density at radius 2 is 1.75 bits per heavy atom. The molecule has 1 aliphatic heterocycles. The first kappa shape index (κ1) is 21.6. The summed E-state index contributed by atoms with van der Waals surface area (Å²) in [5.41, 5.74) is 4.59. The molecule has 1 aliphatic rings. The van der Waals surface area contributed by atoms with E-state index in [-0.39, 0.29) is 11.8 Å². The molecule has 1 heterocycles. The maximum Gasteiger partial charge on any atom is 0.262 e. The summed E-state index contributed by atoms with van der Waals surface area (Å²) in [7, 11) is 1.61. The van der Waals surface area contributed by atoms with E-state index in [1.807, 2.05) is 72.8 Å². The number of nitrogens with zero attached hydrogens (tertiary/aromatic N) is 1. The smallest absolute Gasteiger partial charge is 0.262 e. The van der Waals surface area contributed by atoms with Gasteiger partial charge < -0.3 is 10.1 Å². The summed E-state index contributed by atoms with van der Waals surface area (Å²) in [4.78, 5) is 26.5. The first-order valence-electron chi connectivity index (χ1n) is 10.0. The van der Waals surface area contributed by atoms with Gasteiger partial charge in [-0.15, -0.1) is 0 Å². The average Bonchev–Trinajstić information content (AvgIpc) is 3.11. The number of amides is 2. The van der Waals surface area contributed by atoms with Crippen molar-refractivity contribution in [3.63, 3.8) is 0 Å². The molecule has 5 nitrogen and oxygen atoms in total. The number of carbonyl (C=O) groups is 2. The number of rotatable bonds is 5. The number of methoxy groups -OCH3 is 1. The van der Waals surface area contributed by atoms with Gasteiger partial charge in [-0.25, -0.2) is 0 Å². The molecule has 160 valence electrons. The fourth-order valence-corrected chi connectivity index (χ4v) is 4.10. The van der Waals surface area contributed by atoms with E-state index in [1.165, 1.54) is 6.92 Å². The molecular weight excluding hydrogens is 468 g/mol. The second kappa shape index (κ2) is 9.24. The molecule has 0 saturated carbocycles. The van der Waals surface area contributed by atoms with Gasteiger partial charge in [0.1, 0.15) is 5.75 Å². The SMILES string of the molecule is COc1ccc(/C=C2\C=C(c3ccccc3)N(c3ccc(NC(C)=O)cc3)C2=O)cc1Br. The zero-order valence-electron chi connectivity index (χ0n) is 17.6. The minimum Gasteiger partial charge on any atom is -0.496 e. The van der Waals surface area contributed by atoms with Crippen LogP contribution in [0, 0.1) is 0 Å². The number of ether oxygens (including phenoxy) is 1. The van der Waals surface area contributed by atoms with E-state index < -0.39 is 0 Å². The topological polar surface area (TPSA) is 58.6 Å². The fraction of sp³-hybridized carbons (Fsp3) is 0.0769. The van der Waals surface area contributed by atoms with Gasteiger partial charge >= 0.3 is 0 Å². The molecule has 0 spiro atoms. The van der Waals surface area contributed by atoms with Gasteiger partial charge in [0.15, 0.2) is 0 Å². The summed E-state index contributed by atoms with van der Waals surface area (Å²) >= 11 is 3.50. The van der Waals surface area contributed by atoms with Crippen molar-refractivity contribution >= 4 is 50.9 Å². The van der Waals surface area contributed by atoms with E-state index in [1.54, 1.807) is 24.1 Å². The minimum absolute atomic E-state index is 0.122. The van der Waals surface area contributed by atoms with Crippen LogP contribution in [0.2, 0.25) is 0 Å². The van der Waals surface area contributed by atoms with Gasteiger partial charge in [0, 0.05) is 23.9 Å². The zero-order valence-corrected chi connectivity index (χ0v) is 19.2. The van der Waals surface area contributed by atoms with Crippen LogP contribution in [-0.2, 0) is 9.59 Å². The lowest BCUT2D eigenvalue weighted by Crippen LogP contribution is -2.25. The van der Waals surface area contributed by atoms with Crippen molar-refractivity contribution in [3.8, 4) is 5.75 Å². The van der Waals surface area contributed by atoms with Gasteiger partial charge in [-0.2, -0.15) is 0 Å². The molecule has 0 bridgehead atoms. The van der Waals surface area contributed by atoms with Crippen LogP contribution < -0.4 is 15.0 Å². The second-order valence-electron chi connectivity index (χ2n) is 7.26. The predicted molar refractivity (Wildman–Crippen MR) is 131 cm³/mol. The van der Waals surface area contributed by atoms with Gasteiger partial charge in [0.05, 0.1) is 17.3 Å². The molecule has 32 heavy (non-hydrogen) atoms. The zero-order chi connectivity index (χ0) is 22.7. The van der Waals surface area contributed by atoms with Crippen molar-refractivity contribution < 1.29 is 14.3 Å². The van der Waals surface area contributed by atoms with Crippen LogP contribution in [0.1, 0.15) is 18.1 Å². The maximum atomic E-state index is 13.5. The highest BCUT2D eigenvalue weighted by atomic mass is 79.9. The second-order valence-corrected chi connectivity index (χ2v) is 8.11. The molecule has 0 aliphatic carbocycles. The Morgan fingerprint density at radius 3 is 2.38 bits per heavy atom. The molecular formula is C26H21BrN2O3. The first-order chi connectivity index (χ1) is 15.5. The van der Waals surface area contributed by atoms with Crippen molar-refractivity contribution in [2.45, 2.75) is 6.92 Å². The Hall–Kier alpha value is -3.64. The van der Waals surface area contributed by atoms with Gasteiger partial charge in [-0.3, -0.25) is 14.5 Å². The Morgan fingerprint density at radius 1 is 1.03 bits per heavy atom. The number of benzene rings is 3. The Kier molecular flexibility index (Phi) is 6.23. The summed E-state index contributed by atoms with van der Waals surface area (Å²) in [6.07, 6.45) is 3.76. The molecule has 0 radical (unpaired) electrons. The lowest BCUT2D eigenvalue weighted by Gasteiger charge is -2.21. The molecule has 0 unspecified atom stereocenters. The fourth-order valence-electron chi connectivity index (χ4n) is 3.54. The number of carbonyl (C=O) groups excluding carboxylic acids is 2. The molecule has 2 amide bonds. The molecule has 0 saturated heterocycles. The third-order valence-electron chi connectivity index (χ3n) is 5.00. The summed E-state index contributed by atoms with van der Waals surface area (Å²) in [6, 6.07) is 22.7. The van der Waals surface area contributed by atoms with Crippen LogP contribution in [0.4, 0.5) is 11.4 Å². The Labute approximate surface area is 195 Å². The molecule has 1 N–H and O–H groups in total. The van der Waals surface area contributed by atoms with Gasteiger partial charge in [0.2, 0.25) is 5.91 Å². The van der Waals surface area contributed by atoms with Crippen LogP contribution in [0.5, 0.6) is 5.75 Å². The Balaban J connectivity index is 1.75. The van der Waals surface area contributed by atoms with Crippen LogP contribution in [0.3, 0.4) is 0 Å². The van der Waals surface area contributed by atoms with Gasteiger partial charge in [0.25, 0.3) is 5.91 Å². The highest BCUT2D eigenvalue weighted by Gasteiger charge is 2.30. The highest BCUT2D eigenvalue weighted by molar-refractivity contribution is 9.10. The average molecular weight is 489 g/mol. The summed E-state index contributed by atoms with van der Waals surface area (Å²) in [5.74, 6) is 0.463. The molecule has 3 aromatic carbocycles. The molecule has 0 aromatic heterocycles. The van der Waals surface area contributed by atoms with E-state index in [2.05, 4.69) is 21.2 Å². The van der Waals surface area contributed by atoms with Gasteiger partial charge in [-0.05, 0) is 75.6 Å². The summed E-state index contributed by atoms with van der Waals surface area (Å²) in [6.45, 7) is 1.46. The first-order valence-corrected chi connectivity index (χ1v) is 10.8. The third-order valence-corrected chi connectivity index (χ3v) is 5.62. The summed E-state index contributed by atoms with van der Waals surface area (Å²) in [5, 5.41) is 2.75. The van der Waals surface area contributed by atoms with E-state index in [4.69, 9.17) is 4.74 Å². The third kappa shape index (κ3) is 4.50. The van der Waals surface area contributed by atoms with Crippen LogP contribution >= 0.6 is 15.9 Å². The van der Waals surface area contributed by atoms with Crippen molar-refractivity contribution in [1.29, 1.82) is 0 Å². The van der Waals surface area contributed by atoms with Crippen molar-refractivity contribution in [3.05, 3.63) is 100 Å². The molecule has 4 rings (SSSR count). The van der Waals surface area contributed by atoms with Crippen molar-refractivity contribution in [1.82, 2.24) is 0 Å². The maximum absolute atomic E-state index is 13.5. The van der Waals surface area contributed by atoms with Crippen LogP contribution in [0.25, 0.3) is 11.8 Å². The summed E-state index contributed by atoms with van der Waals surface area (Å²) < 4.78 is 6.11. The number of halogens is 1. The number of hydrogen-bond acceptors (Lipinski definition) is 3. The highest BCUT2D eigenvalue weighted by Crippen LogP contribution is 2.36. The van der Waals surface area contributed by atoms with Crippen LogP contribution in [-0.4, -0.2) is 18.9 Å². The van der Waals surface area contributed by atoms with Gasteiger partial charge in [-0.1, -0.05) is 36.4 Å². The predicted octanol–water partition coefficient (Wildman–Crippen LogP) is 5.89. The normalized spacial score (nSPS) is 14.5. The monoisotopic (exact) mass is 488 g/mol.